The van der Waals surface area contributed by atoms with Crippen LogP contribution in [0.5, 0.6) is 0 Å². The summed E-state index contributed by atoms with van der Waals surface area (Å²) in [6, 6.07) is 0. The Hall–Kier alpha value is -0.450. The maximum atomic E-state index is 12.2. The molecule has 0 aliphatic heterocycles. The summed E-state index contributed by atoms with van der Waals surface area (Å²) < 4.78 is 0. The van der Waals surface area contributed by atoms with E-state index in [1.54, 1.807) is 0 Å². The molecule has 0 radical (unpaired) electrons. The van der Waals surface area contributed by atoms with Gasteiger partial charge in [0.1, 0.15) is 5.78 Å². The first-order valence-electron chi connectivity index (χ1n) is 9.02. The lowest BCUT2D eigenvalue weighted by Gasteiger charge is -2.28. The Morgan fingerprint density at radius 3 is 1.73 bits per heavy atom. The first kappa shape index (κ1) is 21.6. The minimum Gasteiger partial charge on any atom is -0.396 e. The predicted molar refractivity (Wildman–Crippen MR) is 89.8 cm³/mol. The van der Waals surface area contributed by atoms with Crippen LogP contribution in [0, 0.1) is 5.41 Å². The van der Waals surface area contributed by atoms with Crippen LogP contribution in [0.3, 0.4) is 0 Å². The molecule has 0 aromatic carbocycles. The number of hydrogen-bond acceptors (Lipinski definition) is 4. The summed E-state index contributed by atoms with van der Waals surface area (Å²) in [5.74, 6) is -0.0612. The fraction of sp³-hybridized carbons (Fsp3) is 0.944. The highest BCUT2D eigenvalue weighted by atomic mass is 16.3. The largest absolute Gasteiger partial charge is 0.396 e. The van der Waals surface area contributed by atoms with Gasteiger partial charge in [-0.15, -0.1) is 0 Å². The molecule has 0 aliphatic rings. The molecule has 0 rings (SSSR count). The molecule has 0 spiro atoms. The molecule has 0 amide bonds. The minimum absolute atomic E-state index is 0.0208. The molecule has 0 saturated carbocycles. The Bertz CT molecular complexity index is 262. The van der Waals surface area contributed by atoms with E-state index in [0.717, 1.165) is 19.3 Å². The summed E-state index contributed by atoms with van der Waals surface area (Å²) in [4.78, 5) is 12.2. The van der Waals surface area contributed by atoms with Crippen molar-refractivity contribution in [2.45, 2.75) is 84.0 Å². The molecule has 0 aromatic heterocycles. The van der Waals surface area contributed by atoms with Crippen molar-refractivity contribution in [2.75, 3.05) is 19.8 Å². The molecule has 0 heterocycles. The Balaban J connectivity index is 3.81. The van der Waals surface area contributed by atoms with Gasteiger partial charge in [0.05, 0.1) is 18.6 Å². The molecule has 0 fully saturated rings. The van der Waals surface area contributed by atoms with Crippen molar-refractivity contribution < 1.29 is 20.1 Å². The van der Waals surface area contributed by atoms with Crippen LogP contribution in [0.4, 0.5) is 0 Å². The summed E-state index contributed by atoms with van der Waals surface area (Å²) in [7, 11) is 0. The number of aliphatic hydroxyl groups is 3. The van der Waals surface area contributed by atoms with Gasteiger partial charge in [0.15, 0.2) is 0 Å². The van der Waals surface area contributed by atoms with Crippen molar-refractivity contribution in [3.8, 4) is 0 Å². The second-order valence-electron chi connectivity index (χ2n) is 6.43. The first-order valence-corrected chi connectivity index (χ1v) is 9.02. The molecule has 0 atom stereocenters. The van der Waals surface area contributed by atoms with Gasteiger partial charge in [-0.3, -0.25) is 4.79 Å². The number of rotatable bonds is 16. The van der Waals surface area contributed by atoms with Crippen molar-refractivity contribution in [1.82, 2.24) is 0 Å². The van der Waals surface area contributed by atoms with Gasteiger partial charge in [-0.2, -0.15) is 0 Å². The second-order valence-corrected chi connectivity index (χ2v) is 6.43. The highest BCUT2D eigenvalue weighted by molar-refractivity contribution is 5.85. The summed E-state index contributed by atoms with van der Waals surface area (Å²) in [6.45, 7) is 1.53. The van der Waals surface area contributed by atoms with Crippen molar-refractivity contribution in [2.24, 2.45) is 5.41 Å². The normalized spacial score (nSPS) is 11.8. The number of hydrogen-bond donors (Lipinski definition) is 3. The summed E-state index contributed by atoms with van der Waals surface area (Å²) in [5.41, 5.74) is -1.05. The minimum atomic E-state index is -1.05. The first-order chi connectivity index (χ1) is 10.7. The van der Waals surface area contributed by atoms with Gasteiger partial charge in [-0.05, 0) is 19.3 Å². The molecule has 4 nitrogen and oxygen atoms in total. The number of carbonyl (C=O) groups excluding carboxylic acids is 1. The van der Waals surface area contributed by atoms with Crippen molar-refractivity contribution in [1.29, 1.82) is 0 Å². The van der Waals surface area contributed by atoms with E-state index in [1.165, 1.54) is 38.5 Å². The maximum absolute atomic E-state index is 12.2. The summed E-state index contributed by atoms with van der Waals surface area (Å²) in [5, 5.41) is 27.8. The Kier molecular flexibility index (Phi) is 13.9. The lowest BCUT2D eigenvalue weighted by Crippen LogP contribution is -2.38. The third kappa shape index (κ3) is 8.86. The molecule has 4 heteroatoms. The predicted octanol–water partition coefficient (Wildman–Crippen LogP) is 3.22. The smallest absolute Gasteiger partial charge is 0.143 e. The van der Waals surface area contributed by atoms with Crippen LogP contribution < -0.4 is 0 Å². The van der Waals surface area contributed by atoms with Crippen LogP contribution >= 0.6 is 0 Å². The molecule has 22 heavy (non-hydrogen) atoms. The number of aliphatic hydroxyl groups excluding tert-OH is 3. The van der Waals surface area contributed by atoms with Crippen LogP contribution in [0.25, 0.3) is 0 Å². The van der Waals surface area contributed by atoms with E-state index in [2.05, 4.69) is 6.92 Å². The fourth-order valence-electron chi connectivity index (χ4n) is 2.80. The van der Waals surface area contributed by atoms with E-state index < -0.39 is 5.41 Å². The van der Waals surface area contributed by atoms with Crippen LogP contribution in [0.1, 0.15) is 84.0 Å². The van der Waals surface area contributed by atoms with Gasteiger partial charge in [-0.25, -0.2) is 0 Å². The van der Waals surface area contributed by atoms with Crippen LogP contribution in [0.2, 0.25) is 0 Å². The van der Waals surface area contributed by atoms with Crippen molar-refractivity contribution in [3.05, 3.63) is 0 Å². The molecule has 132 valence electrons. The van der Waals surface area contributed by atoms with E-state index in [4.69, 9.17) is 5.11 Å². The van der Waals surface area contributed by atoms with Crippen LogP contribution in [0.15, 0.2) is 0 Å². The number of Topliss-reactive ketones (excluding diaryl/α,β-unsaturated/α-hetero) is 1. The number of unbranched alkanes of at least 4 members (excludes halogenated alkanes) is 8. The molecular weight excluding hydrogens is 280 g/mol. The molecule has 0 bridgehead atoms. The van der Waals surface area contributed by atoms with E-state index in [0.29, 0.717) is 19.3 Å². The van der Waals surface area contributed by atoms with Gasteiger partial charge >= 0.3 is 0 Å². The van der Waals surface area contributed by atoms with Crippen molar-refractivity contribution >= 4 is 5.78 Å². The zero-order valence-electron chi connectivity index (χ0n) is 14.4. The lowest BCUT2D eigenvalue weighted by molar-refractivity contribution is -0.135. The highest BCUT2D eigenvalue weighted by Crippen LogP contribution is 2.27. The topological polar surface area (TPSA) is 77.8 Å². The van der Waals surface area contributed by atoms with Crippen LogP contribution in [-0.2, 0) is 4.79 Å². The molecular formula is C18H36O4. The summed E-state index contributed by atoms with van der Waals surface area (Å²) >= 11 is 0. The third-order valence-corrected chi connectivity index (χ3v) is 4.52. The van der Waals surface area contributed by atoms with E-state index in [1.807, 2.05) is 0 Å². The summed E-state index contributed by atoms with van der Waals surface area (Å²) in [6.07, 6.45) is 12.0. The SMILES string of the molecule is CCCCCCCCCCCC(=O)C(CO)(CO)CCCO. The zero-order chi connectivity index (χ0) is 16.7. The Labute approximate surface area is 135 Å². The Morgan fingerprint density at radius 1 is 0.773 bits per heavy atom. The van der Waals surface area contributed by atoms with E-state index >= 15 is 0 Å². The standard InChI is InChI=1S/C18H36O4/c1-2-3-4-5-6-7-8-9-10-12-17(22)18(15-20,16-21)13-11-14-19/h19-21H,2-16H2,1H3. The average Bonchev–Trinajstić information content (AvgIpc) is 2.54. The number of ketones is 1. The van der Waals surface area contributed by atoms with E-state index in [9.17, 15) is 15.0 Å². The van der Waals surface area contributed by atoms with Gasteiger partial charge in [-0.1, -0.05) is 58.3 Å². The molecule has 0 unspecified atom stereocenters. The average molecular weight is 316 g/mol. The molecule has 0 aromatic rings. The van der Waals surface area contributed by atoms with E-state index in [-0.39, 0.29) is 25.6 Å². The highest BCUT2D eigenvalue weighted by Gasteiger charge is 2.35. The van der Waals surface area contributed by atoms with Gasteiger partial charge in [0, 0.05) is 13.0 Å². The van der Waals surface area contributed by atoms with Crippen LogP contribution in [-0.4, -0.2) is 40.9 Å². The third-order valence-electron chi connectivity index (χ3n) is 4.52. The molecule has 0 saturated heterocycles. The maximum Gasteiger partial charge on any atom is 0.143 e. The lowest BCUT2D eigenvalue weighted by atomic mass is 9.78. The van der Waals surface area contributed by atoms with Gasteiger partial charge in [0.25, 0.3) is 0 Å². The van der Waals surface area contributed by atoms with Crippen molar-refractivity contribution in [3.63, 3.8) is 0 Å². The molecule has 0 aliphatic carbocycles. The number of carbonyl (C=O) groups is 1. The Morgan fingerprint density at radius 2 is 1.27 bits per heavy atom. The monoisotopic (exact) mass is 316 g/mol. The second kappa shape index (κ2) is 14.2. The fourth-order valence-corrected chi connectivity index (χ4v) is 2.80. The van der Waals surface area contributed by atoms with Gasteiger partial charge < -0.3 is 15.3 Å². The van der Waals surface area contributed by atoms with Gasteiger partial charge in [0.2, 0.25) is 0 Å². The zero-order valence-corrected chi connectivity index (χ0v) is 14.4. The molecule has 3 N–H and O–H groups in total. The quantitative estimate of drug-likeness (QED) is 0.382.